The second-order valence-electron chi connectivity index (χ2n) is 7.43. The standard InChI is InChI=1S/C20H29N3O4S/c1-4-5-11-21-17(25)15(18-23-16(19(26)27)20(2,3)28-18)22-14(24)12-13-9-7-6-8-10-13/h6-10,15-16,18,23H,4-5,11-12H2,1-3H3,(H,21,25)(H,22,24)(H,26,27)/t15-,16+,18-/m1/s1. The zero-order chi connectivity index (χ0) is 20.7. The topological polar surface area (TPSA) is 108 Å². The van der Waals surface area contributed by atoms with Crippen LogP contribution in [0.25, 0.3) is 0 Å². The van der Waals surface area contributed by atoms with Crippen LogP contribution in [0.3, 0.4) is 0 Å². The van der Waals surface area contributed by atoms with Crippen LogP contribution in [0, 0.1) is 0 Å². The largest absolute Gasteiger partial charge is 0.480 e. The minimum Gasteiger partial charge on any atom is -0.480 e. The fourth-order valence-corrected chi connectivity index (χ4v) is 4.60. The molecule has 3 atom stereocenters. The molecule has 1 fully saturated rings. The second kappa shape index (κ2) is 9.93. The van der Waals surface area contributed by atoms with E-state index in [9.17, 15) is 19.5 Å². The molecular formula is C20H29N3O4S. The highest BCUT2D eigenvalue weighted by Crippen LogP contribution is 2.39. The molecule has 0 saturated carbocycles. The summed E-state index contributed by atoms with van der Waals surface area (Å²) in [5.74, 6) is -1.55. The van der Waals surface area contributed by atoms with Crippen molar-refractivity contribution in [2.75, 3.05) is 6.54 Å². The van der Waals surface area contributed by atoms with Gasteiger partial charge in [-0.1, -0.05) is 43.7 Å². The number of unbranched alkanes of at least 4 members (excludes halogenated alkanes) is 1. The Balaban J connectivity index is 2.12. The number of carbonyl (C=O) groups is 3. The molecule has 154 valence electrons. The van der Waals surface area contributed by atoms with Crippen molar-refractivity contribution in [3.05, 3.63) is 35.9 Å². The summed E-state index contributed by atoms with van der Waals surface area (Å²) in [4.78, 5) is 36.9. The number of hydrogen-bond donors (Lipinski definition) is 4. The highest BCUT2D eigenvalue weighted by atomic mass is 32.2. The van der Waals surface area contributed by atoms with Gasteiger partial charge < -0.3 is 15.7 Å². The number of carbonyl (C=O) groups excluding carboxylic acids is 2. The number of aliphatic carboxylic acids is 1. The van der Waals surface area contributed by atoms with Gasteiger partial charge in [0.25, 0.3) is 0 Å². The maximum Gasteiger partial charge on any atom is 0.322 e. The first-order chi connectivity index (χ1) is 13.2. The van der Waals surface area contributed by atoms with E-state index in [4.69, 9.17) is 0 Å². The van der Waals surface area contributed by atoms with E-state index in [-0.39, 0.29) is 18.2 Å². The summed E-state index contributed by atoms with van der Waals surface area (Å²) >= 11 is 1.36. The van der Waals surface area contributed by atoms with Gasteiger partial charge in [0.1, 0.15) is 12.1 Å². The fraction of sp³-hybridized carbons (Fsp3) is 0.550. The third-order valence-corrected chi connectivity index (χ3v) is 6.15. The van der Waals surface area contributed by atoms with Crippen LogP contribution >= 0.6 is 11.8 Å². The molecule has 1 aromatic rings. The molecular weight excluding hydrogens is 378 g/mol. The molecule has 1 aliphatic rings. The summed E-state index contributed by atoms with van der Waals surface area (Å²) in [7, 11) is 0. The Morgan fingerprint density at radius 2 is 1.93 bits per heavy atom. The zero-order valence-corrected chi connectivity index (χ0v) is 17.3. The molecule has 4 N–H and O–H groups in total. The molecule has 1 aromatic carbocycles. The van der Waals surface area contributed by atoms with Crippen molar-refractivity contribution in [1.82, 2.24) is 16.0 Å². The lowest BCUT2D eigenvalue weighted by atomic mass is 10.0. The van der Waals surface area contributed by atoms with Gasteiger partial charge in [0.15, 0.2) is 0 Å². The van der Waals surface area contributed by atoms with Gasteiger partial charge in [-0.15, -0.1) is 11.8 Å². The number of carboxylic acids is 1. The zero-order valence-electron chi connectivity index (χ0n) is 16.5. The summed E-state index contributed by atoms with van der Waals surface area (Å²) in [6.07, 6.45) is 1.93. The van der Waals surface area contributed by atoms with E-state index in [0.717, 1.165) is 18.4 Å². The van der Waals surface area contributed by atoms with Crippen LogP contribution in [0.2, 0.25) is 0 Å². The van der Waals surface area contributed by atoms with E-state index in [1.54, 1.807) is 0 Å². The molecule has 0 aromatic heterocycles. The summed E-state index contributed by atoms with van der Waals surface area (Å²) in [5, 5.41) is 17.6. The van der Waals surface area contributed by atoms with Crippen molar-refractivity contribution in [3.63, 3.8) is 0 Å². The van der Waals surface area contributed by atoms with Gasteiger partial charge in [-0.2, -0.15) is 0 Å². The number of thioether (sulfide) groups is 1. The summed E-state index contributed by atoms with van der Waals surface area (Å²) in [5.41, 5.74) is 0.848. The number of hydrogen-bond acceptors (Lipinski definition) is 5. The lowest BCUT2D eigenvalue weighted by molar-refractivity contribution is -0.140. The first-order valence-corrected chi connectivity index (χ1v) is 10.4. The number of rotatable bonds is 9. The van der Waals surface area contributed by atoms with Gasteiger partial charge in [0, 0.05) is 11.3 Å². The molecule has 2 amide bonds. The van der Waals surface area contributed by atoms with E-state index in [2.05, 4.69) is 16.0 Å². The predicted octanol–water partition coefficient (Wildman–Crippen LogP) is 1.52. The lowest BCUT2D eigenvalue weighted by Crippen LogP contribution is -2.57. The molecule has 1 saturated heterocycles. The van der Waals surface area contributed by atoms with Gasteiger partial charge in [-0.3, -0.25) is 19.7 Å². The van der Waals surface area contributed by atoms with Crippen molar-refractivity contribution in [3.8, 4) is 0 Å². The Morgan fingerprint density at radius 3 is 2.50 bits per heavy atom. The van der Waals surface area contributed by atoms with E-state index in [1.807, 2.05) is 51.1 Å². The summed E-state index contributed by atoms with van der Waals surface area (Å²) in [6, 6.07) is 7.61. The summed E-state index contributed by atoms with van der Waals surface area (Å²) < 4.78 is -0.609. The second-order valence-corrected chi connectivity index (χ2v) is 9.23. The third-order valence-electron chi connectivity index (χ3n) is 4.64. The SMILES string of the molecule is CCCCNC(=O)[C@@H](NC(=O)Cc1ccccc1)[C@@H]1N[C@@H](C(=O)O)C(C)(C)S1. The average Bonchev–Trinajstić information content (AvgIpc) is 2.96. The molecule has 0 bridgehead atoms. The quantitative estimate of drug-likeness (QED) is 0.463. The van der Waals surface area contributed by atoms with Gasteiger partial charge in [-0.25, -0.2) is 0 Å². The van der Waals surface area contributed by atoms with Crippen LogP contribution in [0.15, 0.2) is 30.3 Å². The summed E-state index contributed by atoms with van der Waals surface area (Å²) in [6.45, 7) is 6.19. The maximum absolute atomic E-state index is 12.8. The minimum atomic E-state index is -0.972. The Labute approximate surface area is 170 Å². The van der Waals surface area contributed by atoms with Crippen molar-refractivity contribution < 1.29 is 19.5 Å². The molecule has 7 nitrogen and oxygen atoms in total. The smallest absolute Gasteiger partial charge is 0.322 e. The monoisotopic (exact) mass is 407 g/mol. The molecule has 28 heavy (non-hydrogen) atoms. The van der Waals surface area contributed by atoms with E-state index in [1.165, 1.54) is 11.8 Å². The van der Waals surface area contributed by atoms with Gasteiger partial charge in [-0.05, 0) is 25.8 Å². The van der Waals surface area contributed by atoms with Crippen molar-refractivity contribution in [1.29, 1.82) is 0 Å². The molecule has 8 heteroatoms. The van der Waals surface area contributed by atoms with E-state index >= 15 is 0 Å². The first kappa shape index (κ1) is 22.2. The Morgan fingerprint density at radius 1 is 1.25 bits per heavy atom. The van der Waals surface area contributed by atoms with Gasteiger partial charge in [0.05, 0.1) is 11.8 Å². The van der Waals surface area contributed by atoms with Crippen LogP contribution < -0.4 is 16.0 Å². The Hall–Kier alpha value is -2.06. The minimum absolute atomic E-state index is 0.155. The highest BCUT2D eigenvalue weighted by molar-refractivity contribution is 8.01. The molecule has 0 aliphatic carbocycles. The van der Waals surface area contributed by atoms with Crippen LogP contribution in [0.1, 0.15) is 39.2 Å². The fourth-order valence-electron chi connectivity index (χ4n) is 3.11. The van der Waals surface area contributed by atoms with Crippen LogP contribution in [0.5, 0.6) is 0 Å². The predicted molar refractivity (Wildman–Crippen MR) is 110 cm³/mol. The highest BCUT2D eigenvalue weighted by Gasteiger charge is 2.49. The lowest BCUT2D eigenvalue weighted by Gasteiger charge is -2.24. The molecule has 1 heterocycles. The molecule has 0 unspecified atom stereocenters. The van der Waals surface area contributed by atoms with Crippen molar-refractivity contribution in [2.45, 2.75) is 62.2 Å². The number of amides is 2. The molecule has 0 radical (unpaired) electrons. The van der Waals surface area contributed by atoms with Crippen LogP contribution in [0.4, 0.5) is 0 Å². The number of carboxylic acid groups (broad SMARTS) is 1. The molecule has 0 spiro atoms. The molecule has 2 rings (SSSR count). The van der Waals surface area contributed by atoms with E-state index < -0.39 is 28.2 Å². The molecule has 1 aliphatic heterocycles. The number of nitrogens with one attached hydrogen (secondary N) is 3. The first-order valence-electron chi connectivity index (χ1n) is 9.52. The number of benzene rings is 1. The van der Waals surface area contributed by atoms with Gasteiger partial charge in [0.2, 0.25) is 11.8 Å². The third kappa shape index (κ3) is 5.97. The Bertz CT molecular complexity index is 696. The van der Waals surface area contributed by atoms with Crippen molar-refractivity contribution >= 4 is 29.5 Å². The Kier molecular flexibility index (Phi) is 7.88. The van der Waals surface area contributed by atoms with Crippen molar-refractivity contribution in [2.24, 2.45) is 0 Å². The van der Waals surface area contributed by atoms with E-state index in [0.29, 0.717) is 6.54 Å². The van der Waals surface area contributed by atoms with Crippen LogP contribution in [-0.2, 0) is 20.8 Å². The average molecular weight is 408 g/mol. The normalized spacial score (nSPS) is 21.7. The van der Waals surface area contributed by atoms with Gasteiger partial charge >= 0.3 is 5.97 Å². The van der Waals surface area contributed by atoms with Crippen LogP contribution in [-0.4, -0.2) is 51.6 Å². The maximum atomic E-state index is 12.8.